The molecule has 2 heterocycles. The zero-order valence-electron chi connectivity index (χ0n) is 9.84. The van der Waals surface area contributed by atoms with Crippen molar-refractivity contribution in [2.75, 3.05) is 11.4 Å². The lowest BCUT2D eigenvalue weighted by molar-refractivity contribution is -0.117. The van der Waals surface area contributed by atoms with Crippen LogP contribution in [0.3, 0.4) is 0 Å². The first-order valence-electron chi connectivity index (χ1n) is 5.46. The molecule has 1 fully saturated rings. The Morgan fingerprint density at radius 1 is 1.59 bits per heavy atom. The molecular formula is C12H14N2O2S. The molecule has 17 heavy (non-hydrogen) atoms. The fraction of sp³-hybridized carbons (Fsp3) is 0.417. The number of amides is 1. The molecule has 0 radical (unpaired) electrons. The fourth-order valence-electron chi connectivity index (χ4n) is 1.88. The quantitative estimate of drug-likeness (QED) is 0.802. The molecule has 1 aliphatic heterocycles. The first-order chi connectivity index (χ1) is 8.06. The maximum atomic E-state index is 11.8. The molecular weight excluding hydrogens is 236 g/mol. The lowest BCUT2D eigenvalue weighted by atomic mass is 10.3. The Labute approximate surface area is 104 Å². The molecule has 90 valence electrons. The van der Waals surface area contributed by atoms with Gasteiger partial charge in [0.05, 0.1) is 0 Å². The third kappa shape index (κ3) is 2.85. The summed E-state index contributed by atoms with van der Waals surface area (Å²) in [6, 6.07) is 3.78. The molecule has 1 aromatic rings. The van der Waals surface area contributed by atoms with Gasteiger partial charge in [0.1, 0.15) is 5.82 Å². The zero-order valence-corrected chi connectivity index (χ0v) is 10.7. The second kappa shape index (κ2) is 4.87. The number of pyridine rings is 1. The lowest BCUT2D eigenvalue weighted by Crippen LogP contribution is -2.25. The molecule has 0 aromatic carbocycles. The minimum absolute atomic E-state index is 0.0434. The van der Waals surface area contributed by atoms with Crippen LogP contribution in [0.2, 0.25) is 0 Å². The van der Waals surface area contributed by atoms with Gasteiger partial charge >= 0.3 is 0 Å². The number of carbonyl (C=O) groups excluding carboxylic acids is 2. The van der Waals surface area contributed by atoms with Crippen LogP contribution in [0.25, 0.3) is 0 Å². The van der Waals surface area contributed by atoms with E-state index in [4.69, 9.17) is 0 Å². The third-order valence-electron chi connectivity index (χ3n) is 2.60. The third-order valence-corrected chi connectivity index (χ3v) is 3.58. The molecule has 1 unspecified atom stereocenters. The molecule has 5 heteroatoms. The van der Waals surface area contributed by atoms with Crippen LogP contribution in [0.15, 0.2) is 18.3 Å². The van der Waals surface area contributed by atoms with E-state index in [2.05, 4.69) is 4.98 Å². The maximum Gasteiger partial charge on any atom is 0.229 e. The summed E-state index contributed by atoms with van der Waals surface area (Å²) in [6.07, 6.45) is 2.11. The number of nitrogens with zero attached hydrogens (tertiary/aromatic N) is 2. The molecule has 0 spiro atoms. The van der Waals surface area contributed by atoms with E-state index in [1.54, 1.807) is 11.1 Å². The van der Waals surface area contributed by atoms with Crippen molar-refractivity contribution in [1.29, 1.82) is 0 Å². The summed E-state index contributed by atoms with van der Waals surface area (Å²) in [7, 11) is 0. The van der Waals surface area contributed by atoms with Crippen molar-refractivity contribution in [2.24, 2.45) is 0 Å². The summed E-state index contributed by atoms with van der Waals surface area (Å²) in [5.41, 5.74) is 1.07. The van der Waals surface area contributed by atoms with Gasteiger partial charge in [-0.1, -0.05) is 11.8 Å². The Morgan fingerprint density at radius 2 is 2.35 bits per heavy atom. The summed E-state index contributed by atoms with van der Waals surface area (Å²) >= 11 is 1.24. The van der Waals surface area contributed by atoms with E-state index in [0.29, 0.717) is 18.8 Å². The standard InChI is InChI=1S/C12H14N2O2S/c1-8-3-4-13-11(5-8)14-7-10(6-12(14)16)17-9(2)15/h3-5,10H,6-7H2,1-2H3. The number of aromatic nitrogens is 1. The molecule has 0 saturated carbocycles. The van der Waals surface area contributed by atoms with Gasteiger partial charge in [-0.25, -0.2) is 4.98 Å². The van der Waals surface area contributed by atoms with Crippen molar-refractivity contribution in [2.45, 2.75) is 25.5 Å². The second-order valence-corrected chi connectivity index (χ2v) is 5.61. The summed E-state index contributed by atoms with van der Waals surface area (Å²) < 4.78 is 0. The van der Waals surface area contributed by atoms with Gasteiger partial charge in [0.2, 0.25) is 5.91 Å². The maximum absolute atomic E-state index is 11.8. The number of hydrogen-bond acceptors (Lipinski definition) is 4. The molecule has 1 saturated heterocycles. The van der Waals surface area contributed by atoms with Gasteiger partial charge in [0.15, 0.2) is 5.12 Å². The summed E-state index contributed by atoms with van der Waals surface area (Å²) in [5, 5.41) is 0.115. The van der Waals surface area contributed by atoms with Crippen LogP contribution in [0, 0.1) is 6.92 Å². The highest BCUT2D eigenvalue weighted by Crippen LogP contribution is 2.27. The van der Waals surface area contributed by atoms with Crippen molar-refractivity contribution in [3.63, 3.8) is 0 Å². The second-order valence-electron chi connectivity index (χ2n) is 4.13. The minimum atomic E-state index is 0.0434. The highest BCUT2D eigenvalue weighted by molar-refractivity contribution is 8.14. The van der Waals surface area contributed by atoms with E-state index in [9.17, 15) is 9.59 Å². The first-order valence-corrected chi connectivity index (χ1v) is 6.34. The van der Waals surface area contributed by atoms with Gasteiger partial charge in [-0.15, -0.1) is 0 Å². The lowest BCUT2D eigenvalue weighted by Gasteiger charge is -2.15. The fourth-order valence-corrected chi connectivity index (χ4v) is 2.80. The molecule has 0 bridgehead atoms. The topological polar surface area (TPSA) is 50.3 Å². The average Bonchev–Trinajstić information content (AvgIpc) is 2.58. The summed E-state index contributed by atoms with van der Waals surface area (Å²) in [6.45, 7) is 4.07. The Hall–Kier alpha value is -1.36. The first kappa shape index (κ1) is 12.1. The summed E-state index contributed by atoms with van der Waals surface area (Å²) in [5.74, 6) is 0.725. The van der Waals surface area contributed by atoms with E-state index in [0.717, 1.165) is 5.56 Å². The van der Waals surface area contributed by atoms with Crippen molar-refractivity contribution in [3.05, 3.63) is 23.9 Å². The Balaban J connectivity index is 2.13. The van der Waals surface area contributed by atoms with Crippen LogP contribution in [0.5, 0.6) is 0 Å². The smallest absolute Gasteiger partial charge is 0.229 e. The van der Waals surface area contributed by atoms with Crippen LogP contribution in [-0.4, -0.2) is 27.8 Å². The van der Waals surface area contributed by atoms with E-state index in [-0.39, 0.29) is 16.3 Å². The molecule has 0 N–H and O–H groups in total. The molecule has 1 atom stereocenters. The van der Waals surface area contributed by atoms with E-state index >= 15 is 0 Å². The highest BCUT2D eigenvalue weighted by Gasteiger charge is 2.32. The predicted molar refractivity (Wildman–Crippen MR) is 68.0 cm³/mol. The monoisotopic (exact) mass is 250 g/mol. The van der Waals surface area contributed by atoms with Crippen LogP contribution >= 0.6 is 11.8 Å². The molecule has 2 rings (SSSR count). The van der Waals surface area contributed by atoms with Crippen LogP contribution in [0.4, 0.5) is 5.82 Å². The van der Waals surface area contributed by atoms with Gasteiger partial charge in [-0.2, -0.15) is 0 Å². The molecule has 0 aliphatic carbocycles. The Bertz CT molecular complexity index is 462. The Morgan fingerprint density at radius 3 is 3.00 bits per heavy atom. The van der Waals surface area contributed by atoms with Gasteiger partial charge in [0, 0.05) is 31.3 Å². The number of carbonyl (C=O) groups is 2. The predicted octanol–water partition coefficient (Wildman–Crippen LogP) is 1.78. The van der Waals surface area contributed by atoms with Crippen molar-refractivity contribution in [1.82, 2.24) is 4.98 Å². The van der Waals surface area contributed by atoms with Gasteiger partial charge in [-0.3, -0.25) is 14.5 Å². The number of aryl methyl sites for hydroxylation is 1. The van der Waals surface area contributed by atoms with Gasteiger partial charge in [-0.05, 0) is 24.6 Å². The molecule has 1 amide bonds. The van der Waals surface area contributed by atoms with Crippen molar-refractivity contribution in [3.8, 4) is 0 Å². The van der Waals surface area contributed by atoms with Crippen molar-refractivity contribution < 1.29 is 9.59 Å². The van der Waals surface area contributed by atoms with Crippen LogP contribution in [-0.2, 0) is 9.59 Å². The van der Waals surface area contributed by atoms with Gasteiger partial charge in [0.25, 0.3) is 0 Å². The highest BCUT2D eigenvalue weighted by atomic mass is 32.2. The number of hydrogen-bond donors (Lipinski definition) is 0. The molecule has 1 aliphatic rings. The largest absolute Gasteiger partial charge is 0.296 e. The van der Waals surface area contributed by atoms with E-state index < -0.39 is 0 Å². The summed E-state index contributed by atoms with van der Waals surface area (Å²) in [4.78, 5) is 28.7. The molecule has 4 nitrogen and oxygen atoms in total. The molecule has 1 aromatic heterocycles. The Kier molecular flexibility index (Phi) is 3.47. The van der Waals surface area contributed by atoms with Crippen LogP contribution < -0.4 is 4.90 Å². The normalized spacial score (nSPS) is 19.8. The number of anilines is 1. The van der Waals surface area contributed by atoms with E-state index in [1.165, 1.54) is 18.7 Å². The number of rotatable bonds is 2. The minimum Gasteiger partial charge on any atom is -0.296 e. The zero-order chi connectivity index (χ0) is 12.4. The van der Waals surface area contributed by atoms with Crippen molar-refractivity contribution >= 4 is 28.6 Å². The van der Waals surface area contributed by atoms with Crippen LogP contribution in [0.1, 0.15) is 18.9 Å². The van der Waals surface area contributed by atoms with Gasteiger partial charge < -0.3 is 0 Å². The average molecular weight is 250 g/mol. The number of thioether (sulfide) groups is 1. The SMILES string of the molecule is CC(=O)SC1CC(=O)N(c2cc(C)ccn2)C1. The van der Waals surface area contributed by atoms with E-state index in [1.807, 2.05) is 19.1 Å².